The minimum atomic E-state index is -1.28. The highest BCUT2D eigenvalue weighted by Crippen LogP contribution is 2.37. The van der Waals surface area contributed by atoms with Crippen molar-refractivity contribution in [3.63, 3.8) is 0 Å². The summed E-state index contributed by atoms with van der Waals surface area (Å²) in [5.74, 6) is 0.687. The maximum atomic E-state index is 13.2. The van der Waals surface area contributed by atoms with Crippen LogP contribution in [0.3, 0.4) is 0 Å². The van der Waals surface area contributed by atoms with Gasteiger partial charge in [-0.15, -0.1) is 0 Å². The van der Waals surface area contributed by atoms with E-state index >= 15 is 0 Å². The lowest BCUT2D eigenvalue weighted by molar-refractivity contribution is -0.120. The van der Waals surface area contributed by atoms with Crippen molar-refractivity contribution in [1.29, 1.82) is 0 Å². The number of carbonyl (C=O) groups is 2. The van der Waals surface area contributed by atoms with Crippen molar-refractivity contribution in [3.05, 3.63) is 89.6 Å². The number of ketones is 2. The molecule has 0 saturated heterocycles. The molecule has 0 bridgehead atoms. The molecule has 0 spiro atoms. The second-order valence-electron chi connectivity index (χ2n) is 7.30. The molecule has 2 heterocycles. The predicted molar refractivity (Wildman–Crippen MR) is 119 cm³/mol. The number of carbonyl (C=O) groups excluding carboxylic acids is 2. The average Bonchev–Trinajstić information content (AvgIpc) is 3.20. The largest absolute Gasteiger partial charge is 0.481 e. The number of para-hydroxylation sites is 1. The first-order valence-electron chi connectivity index (χ1n) is 9.84. The van der Waals surface area contributed by atoms with Gasteiger partial charge >= 0.3 is 0 Å². The fourth-order valence-electron chi connectivity index (χ4n) is 3.71. The SMILES string of the molecule is COc1ccc(C(Nc2cc3ccccc3o2)(C(C)=O)c2ccc(C(C)=O)cc2)cn1. The van der Waals surface area contributed by atoms with Gasteiger partial charge in [-0.2, -0.15) is 0 Å². The molecular weight excluding hydrogens is 392 g/mol. The van der Waals surface area contributed by atoms with Gasteiger partial charge in [-0.1, -0.05) is 42.5 Å². The van der Waals surface area contributed by atoms with Gasteiger partial charge in [-0.25, -0.2) is 4.98 Å². The third-order valence-corrected chi connectivity index (χ3v) is 5.37. The summed E-state index contributed by atoms with van der Waals surface area (Å²) < 4.78 is 11.1. The van der Waals surface area contributed by atoms with E-state index in [4.69, 9.17) is 9.15 Å². The van der Waals surface area contributed by atoms with E-state index in [1.54, 1.807) is 42.6 Å². The Bertz CT molecular complexity index is 1210. The number of hydrogen-bond donors (Lipinski definition) is 1. The van der Waals surface area contributed by atoms with Crippen molar-refractivity contribution in [2.45, 2.75) is 19.4 Å². The van der Waals surface area contributed by atoms with Crippen LogP contribution in [0.4, 0.5) is 5.88 Å². The van der Waals surface area contributed by atoms with Gasteiger partial charge < -0.3 is 14.5 Å². The molecular formula is C25H22N2O4. The fourth-order valence-corrected chi connectivity index (χ4v) is 3.71. The van der Waals surface area contributed by atoms with Crippen molar-refractivity contribution in [1.82, 2.24) is 4.98 Å². The van der Waals surface area contributed by atoms with Gasteiger partial charge in [0.05, 0.1) is 7.11 Å². The molecule has 156 valence electrons. The first-order chi connectivity index (χ1) is 14.9. The Morgan fingerprint density at radius 1 is 0.968 bits per heavy atom. The van der Waals surface area contributed by atoms with Crippen molar-refractivity contribution >= 4 is 28.4 Å². The lowest BCUT2D eigenvalue weighted by atomic mass is 9.80. The number of rotatable bonds is 7. The summed E-state index contributed by atoms with van der Waals surface area (Å²) in [6, 6.07) is 20.0. The summed E-state index contributed by atoms with van der Waals surface area (Å²) in [5, 5.41) is 4.24. The van der Waals surface area contributed by atoms with Crippen LogP contribution in [0.15, 0.2) is 77.3 Å². The summed E-state index contributed by atoms with van der Waals surface area (Å²) in [7, 11) is 1.54. The van der Waals surface area contributed by atoms with Crippen LogP contribution in [-0.2, 0) is 10.3 Å². The number of anilines is 1. The number of Topliss-reactive ketones (excluding diaryl/α,β-unsaturated/α-hetero) is 2. The van der Waals surface area contributed by atoms with Crippen LogP contribution in [0.5, 0.6) is 5.88 Å². The zero-order valence-electron chi connectivity index (χ0n) is 17.5. The summed E-state index contributed by atoms with van der Waals surface area (Å²) in [6.45, 7) is 3.02. The maximum absolute atomic E-state index is 13.2. The number of hydrogen-bond acceptors (Lipinski definition) is 6. The summed E-state index contributed by atoms with van der Waals surface area (Å²) >= 11 is 0. The second-order valence-corrected chi connectivity index (χ2v) is 7.30. The molecule has 4 aromatic rings. The minimum Gasteiger partial charge on any atom is -0.481 e. The molecule has 0 aliphatic carbocycles. The van der Waals surface area contributed by atoms with Crippen LogP contribution in [0.1, 0.15) is 35.3 Å². The lowest BCUT2D eigenvalue weighted by Crippen LogP contribution is -2.43. The Balaban J connectivity index is 1.90. The highest BCUT2D eigenvalue weighted by atomic mass is 16.5. The molecule has 31 heavy (non-hydrogen) atoms. The van der Waals surface area contributed by atoms with Gasteiger partial charge in [0.25, 0.3) is 0 Å². The molecule has 6 heteroatoms. The van der Waals surface area contributed by atoms with Gasteiger partial charge in [0.2, 0.25) is 5.88 Å². The Morgan fingerprint density at radius 2 is 1.68 bits per heavy atom. The highest BCUT2D eigenvalue weighted by molar-refractivity contribution is 5.96. The molecule has 2 aromatic carbocycles. The number of nitrogens with one attached hydrogen (secondary N) is 1. The summed E-state index contributed by atoms with van der Waals surface area (Å²) in [5.41, 5.74) is 1.29. The van der Waals surface area contributed by atoms with Crippen molar-refractivity contribution < 1.29 is 18.7 Å². The van der Waals surface area contributed by atoms with Crippen LogP contribution in [-0.4, -0.2) is 23.7 Å². The number of nitrogens with zero attached hydrogens (tertiary/aromatic N) is 1. The number of methoxy groups -OCH3 is 1. The zero-order chi connectivity index (χ0) is 22.0. The van der Waals surface area contributed by atoms with E-state index in [0.29, 0.717) is 34.0 Å². The molecule has 0 radical (unpaired) electrons. The van der Waals surface area contributed by atoms with Gasteiger partial charge in [-0.05, 0) is 31.5 Å². The quantitative estimate of drug-likeness (QED) is 0.429. The monoisotopic (exact) mass is 414 g/mol. The van der Waals surface area contributed by atoms with Crippen molar-refractivity contribution in [3.8, 4) is 5.88 Å². The Kier molecular flexibility index (Phi) is 5.29. The fraction of sp³-hybridized carbons (Fsp3) is 0.160. The molecule has 1 unspecified atom stereocenters. The molecule has 2 aromatic heterocycles. The second kappa shape index (κ2) is 8.07. The van der Waals surface area contributed by atoms with E-state index in [-0.39, 0.29) is 11.6 Å². The average molecular weight is 414 g/mol. The normalized spacial score (nSPS) is 12.9. The van der Waals surface area contributed by atoms with Crippen LogP contribution < -0.4 is 10.1 Å². The number of pyridine rings is 1. The molecule has 0 saturated carbocycles. The maximum Gasteiger partial charge on any atom is 0.212 e. The Morgan fingerprint density at radius 3 is 2.26 bits per heavy atom. The van der Waals surface area contributed by atoms with Gasteiger partial charge in [0.15, 0.2) is 23.0 Å². The third-order valence-electron chi connectivity index (χ3n) is 5.37. The van der Waals surface area contributed by atoms with Crippen LogP contribution >= 0.6 is 0 Å². The standard InChI is InChI=1S/C25H22N2O4/c1-16(28)18-8-10-20(11-9-18)25(17(2)29,21-12-13-23(30-3)26-15-21)27-24-14-19-6-4-5-7-22(19)31-24/h4-15,27H,1-3H3. The zero-order valence-corrected chi connectivity index (χ0v) is 17.5. The van der Waals surface area contributed by atoms with E-state index in [1.165, 1.54) is 21.0 Å². The Hall–Kier alpha value is -3.93. The minimum absolute atomic E-state index is 0.0451. The molecule has 1 N–H and O–H groups in total. The van der Waals surface area contributed by atoms with Crippen molar-refractivity contribution in [2.24, 2.45) is 0 Å². The molecule has 0 aliphatic rings. The molecule has 6 nitrogen and oxygen atoms in total. The molecule has 0 amide bonds. The van der Waals surface area contributed by atoms with E-state index in [1.807, 2.05) is 30.3 Å². The first kappa shape index (κ1) is 20.3. The smallest absolute Gasteiger partial charge is 0.212 e. The van der Waals surface area contributed by atoms with E-state index in [0.717, 1.165) is 5.39 Å². The summed E-state index contributed by atoms with van der Waals surface area (Å²) in [4.78, 5) is 29.3. The Labute approximate surface area is 179 Å². The first-order valence-corrected chi connectivity index (χ1v) is 9.84. The van der Waals surface area contributed by atoms with Crippen molar-refractivity contribution in [2.75, 3.05) is 12.4 Å². The molecule has 0 fully saturated rings. The topological polar surface area (TPSA) is 81.4 Å². The van der Waals surface area contributed by atoms with Crippen LogP contribution in [0, 0.1) is 0 Å². The van der Waals surface area contributed by atoms with Gasteiger partial charge in [0.1, 0.15) is 5.58 Å². The van der Waals surface area contributed by atoms with Gasteiger partial charge in [0, 0.05) is 34.8 Å². The lowest BCUT2D eigenvalue weighted by Gasteiger charge is -2.33. The number of fused-ring (bicyclic) bond motifs is 1. The molecule has 1 atom stereocenters. The van der Waals surface area contributed by atoms with E-state index in [9.17, 15) is 9.59 Å². The number of aromatic nitrogens is 1. The number of benzene rings is 2. The number of furan rings is 1. The van der Waals surface area contributed by atoms with Gasteiger partial charge in [-0.3, -0.25) is 9.59 Å². The number of ether oxygens (including phenoxy) is 1. The van der Waals surface area contributed by atoms with Crippen LogP contribution in [0.25, 0.3) is 11.0 Å². The summed E-state index contributed by atoms with van der Waals surface area (Å²) in [6.07, 6.45) is 1.61. The van der Waals surface area contributed by atoms with E-state index in [2.05, 4.69) is 10.3 Å². The highest BCUT2D eigenvalue weighted by Gasteiger charge is 2.41. The molecule has 4 rings (SSSR count). The van der Waals surface area contributed by atoms with E-state index < -0.39 is 5.54 Å². The molecule has 0 aliphatic heterocycles. The van der Waals surface area contributed by atoms with Crippen LogP contribution in [0.2, 0.25) is 0 Å². The third kappa shape index (κ3) is 3.68. The predicted octanol–water partition coefficient (Wildman–Crippen LogP) is 4.98.